The molecule has 5 nitrogen and oxygen atoms in total. The van der Waals surface area contributed by atoms with Crippen LogP contribution in [0.2, 0.25) is 0 Å². The molecule has 0 spiro atoms. The van der Waals surface area contributed by atoms with Crippen molar-refractivity contribution in [3.8, 4) is 11.5 Å². The molecule has 1 aliphatic heterocycles. The monoisotopic (exact) mass is 369 g/mol. The summed E-state index contributed by atoms with van der Waals surface area (Å²) in [4.78, 5) is 14.6. The molecule has 0 aromatic heterocycles. The van der Waals surface area contributed by atoms with Gasteiger partial charge in [-0.3, -0.25) is 4.79 Å². The largest absolute Gasteiger partial charge is 0.457 e. The lowest BCUT2D eigenvalue weighted by atomic mass is 9.97. The molecule has 2 aromatic carbocycles. The van der Waals surface area contributed by atoms with Crippen LogP contribution in [0.1, 0.15) is 23.2 Å². The average molecular weight is 369 g/mol. The molecule has 0 bridgehead atoms. The molecule has 2 aromatic rings. The maximum atomic E-state index is 12.7. The molecular formula is C22H27NO4. The van der Waals surface area contributed by atoms with E-state index in [2.05, 4.69) is 0 Å². The molecule has 0 aliphatic carbocycles. The number of carbonyl (C=O) groups excluding carboxylic acids is 1. The van der Waals surface area contributed by atoms with Crippen LogP contribution in [-0.2, 0) is 9.47 Å². The van der Waals surface area contributed by atoms with Crippen LogP contribution in [0.15, 0.2) is 54.6 Å². The number of nitrogens with zero attached hydrogens (tertiary/aromatic N) is 1. The maximum Gasteiger partial charge on any atom is 0.253 e. The Kier molecular flexibility index (Phi) is 7.25. The summed E-state index contributed by atoms with van der Waals surface area (Å²) >= 11 is 0. The van der Waals surface area contributed by atoms with Crippen LogP contribution in [0.5, 0.6) is 11.5 Å². The number of hydrogen-bond acceptors (Lipinski definition) is 4. The lowest BCUT2D eigenvalue weighted by Gasteiger charge is -2.32. The van der Waals surface area contributed by atoms with E-state index in [1.54, 1.807) is 7.11 Å². The van der Waals surface area contributed by atoms with E-state index in [0.29, 0.717) is 24.7 Å². The standard InChI is InChI=1S/C22H27NO4/c1-25-15-16-26-17-18-11-13-23(14-12-18)22(24)19-7-9-21(10-8-19)27-20-5-3-2-4-6-20/h2-10,18H,11-17H2,1H3. The summed E-state index contributed by atoms with van der Waals surface area (Å²) in [5, 5.41) is 0. The molecule has 0 saturated carbocycles. The molecule has 27 heavy (non-hydrogen) atoms. The van der Waals surface area contributed by atoms with Crippen molar-refractivity contribution in [2.45, 2.75) is 12.8 Å². The summed E-state index contributed by atoms with van der Waals surface area (Å²) in [6.45, 7) is 3.56. The van der Waals surface area contributed by atoms with Crippen LogP contribution in [0.3, 0.4) is 0 Å². The number of carbonyl (C=O) groups is 1. The first kappa shape index (κ1) is 19.4. The van der Waals surface area contributed by atoms with Gasteiger partial charge in [-0.05, 0) is 55.2 Å². The van der Waals surface area contributed by atoms with Gasteiger partial charge in [0.1, 0.15) is 11.5 Å². The third-order valence-electron chi connectivity index (χ3n) is 4.77. The van der Waals surface area contributed by atoms with Crippen LogP contribution in [-0.4, -0.2) is 50.8 Å². The third kappa shape index (κ3) is 5.81. The van der Waals surface area contributed by atoms with Crippen molar-refractivity contribution in [1.29, 1.82) is 0 Å². The molecule has 1 amide bonds. The predicted molar refractivity (Wildman–Crippen MR) is 104 cm³/mol. The van der Waals surface area contributed by atoms with Gasteiger partial charge >= 0.3 is 0 Å². The number of likely N-dealkylation sites (tertiary alicyclic amines) is 1. The molecule has 3 rings (SSSR count). The number of benzene rings is 2. The van der Waals surface area contributed by atoms with Gasteiger partial charge in [0.15, 0.2) is 0 Å². The molecule has 0 radical (unpaired) electrons. The van der Waals surface area contributed by atoms with Gasteiger partial charge < -0.3 is 19.1 Å². The number of piperidine rings is 1. The first-order chi connectivity index (χ1) is 13.3. The smallest absolute Gasteiger partial charge is 0.253 e. The summed E-state index contributed by atoms with van der Waals surface area (Å²) in [6.07, 6.45) is 1.96. The van der Waals surface area contributed by atoms with Crippen molar-refractivity contribution in [1.82, 2.24) is 4.90 Å². The Balaban J connectivity index is 1.47. The maximum absolute atomic E-state index is 12.7. The minimum atomic E-state index is 0.0833. The minimum absolute atomic E-state index is 0.0833. The highest BCUT2D eigenvalue weighted by atomic mass is 16.5. The predicted octanol–water partition coefficient (Wildman–Crippen LogP) is 3.99. The van der Waals surface area contributed by atoms with E-state index in [9.17, 15) is 4.79 Å². The Hall–Kier alpha value is -2.37. The second-order valence-corrected chi connectivity index (χ2v) is 6.74. The number of methoxy groups -OCH3 is 1. The molecule has 1 fully saturated rings. The van der Waals surface area contributed by atoms with Crippen molar-refractivity contribution in [3.63, 3.8) is 0 Å². The zero-order valence-electron chi connectivity index (χ0n) is 15.8. The molecule has 1 saturated heterocycles. The van der Waals surface area contributed by atoms with Crippen molar-refractivity contribution in [3.05, 3.63) is 60.2 Å². The number of hydrogen-bond donors (Lipinski definition) is 0. The molecule has 5 heteroatoms. The molecular weight excluding hydrogens is 342 g/mol. The lowest BCUT2D eigenvalue weighted by Crippen LogP contribution is -2.39. The van der Waals surface area contributed by atoms with E-state index >= 15 is 0 Å². The molecule has 1 aliphatic rings. The van der Waals surface area contributed by atoms with Crippen molar-refractivity contribution in [2.75, 3.05) is 40.0 Å². The van der Waals surface area contributed by atoms with Crippen LogP contribution in [0.25, 0.3) is 0 Å². The zero-order chi connectivity index (χ0) is 18.9. The highest BCUT2D eigenvalue weighted by Gasteiger charge is 2.23. The van der Waals surface area contributed by atoms with Gasteiger partial charge in [0, 0.05) is 32.4 Å². The van der Waals surface area contributed by atoms with E-state index in [4.69, 9.17) is 14.2 Å². The second-order valence-electron chi connectivity index (χ2n) is 6.74. The molecule has 1 heterocycles. The minimum Gasteiger partial charge on any atom is -0.457 e. The summed E-state index contributed by atoms with van der Waals surface area (Å²) in [6, 6.07) is 17.0. The molecule has 0 unspecified atom stereocenters. The zero-order valence-corrected chi connectivity index (χ0v) is 15.8. The summed E-state index contributed by atoms with van der Waals surface area (Å²) in [7, 11) is 1.67. The summed E-state index contributed by atoms with van der Waals surface area (Å²) in [5.74, 6) is 2.11. The highest BCUT2D eigenvalue weighted by Crippen LogP contribution is 2.23. The van der Waals surface area contributed by atoms with E-state index < -0.39 is 0 Å². The van der Waals surface area contributed by atoms with Crippen LogP contribution in [0, 0.1) is 5.92 Å². The van der Waals surface area contributed by atoms with Gasteiger partial charge in [-0.15, -0.1) is 0 Å². The van der Waals surface area contributed by atoms with E-state index in [1.807, 2.05) is 59.5 Å². The average Bonchev–Trinajstić information content (AvgIpc) is 2.72. The van der Waals surface area contributed by atoms with Crippen LogP contribution in [0.4, 0.5) is 0 Å². The summed E-state index contributed by atoms with van der Waals surface area (Å²) < 4.78 is 16.4. The fraction of sp³-hybridized carbons (Fsp3) is 0.409. The highest BCUT2D eigenvalue weighted by molar-refractivity contribution is 5.94. The summed E-state index contributed by atoms with van der Waals surface area (Å²) in [5.41, 5.74) is 0.699. The van der Waals surface area contributed by atoms with Crippen molar-refractivity contribution < 1.29 is 19.0 Å². The van der Waals surface area contributed by atoms with E-state index in [-0.39, 0.29) is 5.91 Å². The Labute approximate surface area is 160 Å². The Morgan fingerprint density at radius 3 is 2.30 bits per heavy atom. The Morgan fingerprint density at radius 1 is 0.963 bits per heavy atom. The van der Waals surface area contributed by atoms with Gasteiger partial charge in [-0.1, -0.05) is 18.2 Å². The van der Waals surface area contributed by atoms with E-state index in [0.717, 1.165) is 44.0 Å². The van der Waals surface area contributed by atoms with Gasteiger partial charge in [-0.25, -0.2) is 0 Å². The molecule has 0 N–H and O–H groups in total. The van der Waals surface area contributed by atoms with Crippen molar-refractivity contribution >= 4 is 5.91 Å². The van der Waals surface area contributed by atoms with Crippen molar-refractivity contribution in [2.24, 2.45) is 5.92 Å². The Bertz CT molecular complexity index is 694. The quantitative estimate of drug-likeness (QED) is 0.660. The molecule has 144 valence electrons. The number of ether oxygens (including phenoxy) is 3. The van der Waals surface area contributed by atoms with Gasteiger partial charge in [0.2, 0.25) is 0 Å². The first-order valence-corrected chi connectivity index (χ1v) is 9.45. The Morgan fingerprint density at radius 2 is 1.63 bits per heavy atom. The fourth-order valence-corrected chi connectivity index (χ4v) is 3.17. The SMILES string of the molecule is COCCOCC1CCN(C(=O)c2ccc(Oc3ccccc3)cc2)CC1. The number of amides is 1. The topological polar surface area (TPSA) is 48.0 Å². The second kappa shape index (κ2) is 10.1. The first-order valence-electron chi connectivity index (χ1n) is 9.45. The number of rotatable bonds is 8. The fourth-order valence-electron chi connectivity index (χ4n) is 3.17. The van der Waals surface area contributed by atoms with Gasteiger partial charge in [0.25, 0.3) is 5.91 Å². The number of para-hydroxylation sites is 1. The van der Waals surface area contributed by atoms with Gasteiger partial charge in [0.05, 0.1) is 13.2 Å². The van der Waals surface area contributed by atoms with Crippen LogP contribution < -0.4 is 4.74 Å². The third-order valence-corrected chi connectivity index (χ3v) is 4.77. The lowest BCUT2D eigenvalue weighted by molar-refractivity contribution is 0.0327. The normalized spacial score (nSPS) is 14.9. The molecule has 0 atom stereocenters. The van der Waals surface area contributed by atoms with Crippen LogP contribution >= 0.6 is 0 Å². The van der Waals surface area contributed by atoms with E-state index in [1.165, 1.54) is 0 Å². The van der Waals surface area contributed by atoms with Gasteiger partial charge in [-0.2, -0.15) is 0 Å².